The minimum atomic E-state index is -0.652. The van der Waals surface area contributed by atoms with E-state index >= 15 is 0 Å². The first-order valence-electron chi connectivity index (χ1n) is 5.40. The average molecular weight is 248 g/mol. The molecule has 0 saturated heterocycles. The molecule has 0 saturated carbocycles. The molecule has 0 heterocycles. The molecule has 0 spiro atoms. The number of esters is 1. The summed E-state index contributed by atoms with van der Waals surface area (Å²) in [7, 11) is 0. The van der Waals surface area contributed by atoms with Crippen LogP contribution < -0.4 is 0 Å². The number of carbonyl (C=O) groups is 1. The standard InChI is InChI=1S/C12H12N2O4/c1-2-11(6-7-13)18-12(15)9-4-3-5-10(8-9)14(16)17/h3-5,8,11H,2,6H2,1H3/t11-/m1/s1. The highest BCUT2D eigenvalue weighted by molar-refractivity contribution is 5.90. The molecule has 18 heavy (non-hydrogen) atoms. The van der Waals surface area contributed by atoms with Gasteiger partial charge < -0.3 is 4.74 Å². The van der Waals surface area contributed by atoms with E-state index in [0.29, 0.717) is 6.42 Å². The monoisotopic (exact) mass is 248 g/mol. The van der Waals surface area contributed by atoms with Crippen LogP contribution in [0.2, 0.25) is 0 Å². The second kappa shape index (κ2) is 6.35. The van der Waals surface area contributed by atoms with Crippen LogP contribution in [0, 0.1) is 21.4 Å². The molecule has 94 valence electrons. The van der Waals surface area contributed by atoms with Crippen molar-refractivity contribution in [3.05, 3.63) is 39.9 Å². The van der Waals surface area contributed by atoms with E-state index in [-0.39, 0.29) is 17.7 Å². The molecule has 1 atom stereocenters. The number of rotatable bonds is 5. The zero-order valence-corrected chi connectivity index (χ0v) is 9.83. The van der Waals surface area contributed by atoms with Gasteiger partial charge in [0, 0.05) is 12.1 Å². The molecule has 0 N–H and O–H groups in total. The predicted octanol–water partition coefficient (Wildman–Crippen LogP) is 2.44. The molecule has 0 radical (unpaired) electrons. The van der Waals surface area contributed by atoms with E-state index < -0.39 is 17.0 Å². The zero-order valence-electron chi connectivity index (χ0n) is 9.83. The Morgan fingerprint density at radius 1 is 1.61 bits per heavy atom. The van der Waals surface area contributed by atoms with Crippen molar-refractivity contribution in [1.29, 1.82) is 5.26 Å². The van der Waals surface area contributed by atoms with E-state index in [1.54, 1.807) is 6.92 Å². The predicted molar refractivity (Wildman–Crippen MR) is 62.8 cm³/mol. The molecule has 0 aliphatic rings. The van der Waals surface area contributed by atoms with Gasteiger partial charge in [0.1, 0.15) is 6.10 Å². The summed E-state index contributed by atoms with van der Waals surface area (Å²) in [5.74, 6) is -0.652. The summed E-state index contributed by atoms with van der Waals surface area (Å²) in [5.41, 5.74) is -0.0571. The number of nitro groups is 1. The molecular formula is C12H12N2O4. The lowest BCUT2D eigenvalue weighted by molar-refractivity contribution is -0.384. The smallest absolute Gasteiger partial charge is 0.338 e. The van der Waals surface area contributed by atoms with E-state index in [2.05, 4.69) is 0 Å². The van der Waals surface area contributed by atoms with Crippen molar-refractivity contribution < 1.29 is 14.5 Å². The Balaban J connectivity index is 2.81. The van der Waals surface area contributed by atoms with Gasteiger partial charge in [0.2, 0.25) is 0 Å². The minimum Gasteiger partial charge on any atom is -0.458 e. The van der Waals surface area contributed by atoms with Gasteiger partial charge >= 0.3 is 5.97 Å². The summed E-state index contributed by atoms with van der Waals surface area (Å²) < 4.78 is 5.08. The molecule has 0 aliphatic carbocycles. The number of hydrogen-bond acceptors (Lipinski definition) is 5. The van der Waals surface area contributed by atoms with Crippen molar-refractivity contribution in [1.82, 2.24) is 0 Å². The van der Waals surface area contributed by atoms with E-state index in [1.807, 2.05) is 6.07 Å². The highest BCUT2D eigenvalue weighted by atomic mass is 16.6. The second-order valence-corrected chi connectivity index (χ2v) is 3.61. The molecule has 6 heteroatoms. The SMILES string of the molecule is CC[C@H](CC#N)OC(=O)c1cccc([N+](=O)[O-])c1. The number of carbonyl (C=O) groups excluding carboxylic acids is 1. The summed E-state index contributed by atoms with van der Waals surface area (Å²) in [6.45, 7) is 1.79. The van der Waals surface area contributed by atoms with Gasteiger partial charge in [0.05, 0.1) is 23.0 Å². The number of nitro benzene ring substituents is 1. The molecule has 0 fully saturated rings. The Bertz CT molecular complexity index is 493. The first-order valence-corrected chi connectivity index (χ1v) is 5.40. The molecule has 0 aromatic heterocycles. The molecular weight excluding hydrogens is 236 g/mol. The molecule has 0 bridgehead atoms. The van der Waals surface area contributed by atoms with Gasteiger partial charge in [-0.2, -0.15) is 5.26 Å². The minimum absolute atomic E-state index is 0.108. The molecule has 1 rings (SSSR count). The summed E-state index contributed by atoms with van der Waals surface area (Å²) in [6, 6.07) is 7.22. The van der Waals surface area contributed by atoms with Crippen LogP contribution in [0.3, 0.4) is 0 Å². The Kier molecular flexibility index (Phi) is 4.81. The van der Waals surface area contributed by atoms with Crippen molar-refractivity contribution in [2.24, 2.45) is 0 Å². The Hall–Kier alpha value is -2.42. The molecule has 0 amide bonds. The van der Waals surface area contributed by atoms with E-state index in [1.165, 1.54) is 18.2 Å². The largest absolute Gasteiger partial charge is 0.458 e. The van der Waals surface area contributed by atoms with Gasteiger partial charge in [-0.25, -0.2) is 4.79 Å². The molecule has 0 unspecified atom stereocenters. The van der Waals surface area contributed by atoms with Crippen LogP contribution in [0.1, 0.15) is 30.1 Å². The first-order chi connectivity index (χ1) is 8.58. The maximum absolute atomic E-state index is 11.7. The number of hydrogen-bond donors (Lipinski definition) is 0. The van der Waals surface area contributed by atoms with Crippen LogP contribution in [0.25, 0.3) is 0 Å². The van der Waals surface area contributed by atoms with Crippen LogP contribution in [-0.2, 0) is 4.74 Å². The highest BCUT2D eigenvalue weighted by Crippen LogP contribution is 2.15. The lowest BCUT2D eigenvalue weighted by Gasteiger charge is -2.12. The fraction of sp³-hybridized carbons (Fsp3) is 0.333. The van der Waals surface area contributed by atoms with Gasteiger partial charge in [-0.3, -0.25) is 10.1 Å². The first kappa shape index (κ1) is 13.6. The van der Waals surface area contributed by atoms with E-state index in [0.717, 1.165) is 6.07 Å². The Labute approximate surface area is 104 Å². The van der Waals surface area contributed by atoms with Gasteiger partial charge in [0.25, 0.3) is 5.69 Å². The van der Waals surface area contributed by atoms with Crippen LogP contribution in [-0.4, -0.2) is 17.0 Å². The molecule has 0 aliphatic heterocycles. The Morgan fingerprint density at radius 3 is 2.89 bits per heavy atom. The van der Waals surface area contributed by atoms with Gasteiger partial charge in [0.15, 0.2) is 0 Å². The summed E-state index contributed by atoms with van der Waals surface area (Å²) in [6.07, 6.45) is 0.146. The third kappa shape index (κ3) is 3.56. The normalized spacial score (nSPS) is 11.3. The zero-order chi connectivity index (χ0) is 13.5. The maximum Gasteiger partial charge on any atom is 0.338 e. The summed E-state index contributed by atoms with van der Waals surface area (Å²) in [5, 5.41) is 19.1. The lowest BCUT2D eigenvalue weighted by Crippen LogP contribution is -2.17. The molecule has 1 aromatic rings. The number of nitriles is 1. The third-order valence-electron chi connectivity index (χ3n) is 2.34. The van der Waals surface area contributed by atoms with Gasteiger partial charge in [-0.1, -0.05) is 13.0 Å². The summed E-state index contributed by atoms with van der Waals surface area (Å²) in [4.78, 5) is 21.7. The fourth-order valence-electron chi connectivity index (χ4n) is 1.34. The number of non-ortho nitro benzene ring substituents is 1. The summed E-state index contributed by atoms with van der Waals surface area (Å²) >= 11 is 0. The van der Waals surface area contributed by atoms with Gasteiger partial charge in [-0.15, -0.1) is 0 Å². The topological polar surface area (TPSA) is 93.2 Å². The van der Waals surface area contributed by atoms with Crippen molar-refractivity contribution >= 4 is 11.7 Å². The van der Waals surface area contributed by atoms with Crippen molar-refractivity contribution in [3.8, 4) is 6.07 Å². The van der Waals surface area contributed by atoms with Crippen LogP contribution in [0.5, 0.6) is 0 Å². The van der Waals surface area contributed by atoms with Crippen molar-refractivity contribution in [3.63, 3.8) is 0 Å². The van der Waals surface area contributed by atoms with Gasteiger partial charge in [-0.05, 0) is 12.5 Å². The maximum atomic E-state index is 11.7. The Morgan fingerprint density at radius 2 is 2.33 bits per heavy atom. The number of nitrogens with zero attached hydrogens (tertiary/aromatic N) is 2. The average Bonchev–Trinajstić information content (AvgIpc) is 2.38. The van der Waals surface area contributed by atoms with Crippen molar-refractivity contribution in [2.45, 2.75) is 25.9 Å². The van der Waals surface area contributed by atoms with Crippen LogP contribution in [0.4, 0.5) is 5.69 Å². The quantitative estimate of drug-likeness (QED) is 0.453. The number of ether oxygens (including phenoxy) is 1. The van der Waals surface area contributed by atoms with E-state index in [4.69, 9.17) is 10.00 Å². The van der Waals surface area contributed by atoms with Crippen LogP contribution >= 0.6 is 0 Å². The lowest BCUT2D eigenvalue weighted by atomic mass is 10.2. The van der Waals surface area contributed by atoms with Crippen molar-refractivity contribution in [2.75, 3.05) is 0 Å². The van der Waals surface area contributed by atoms with E-state index in [9.17, 15) is 14.9 Å². The highest BCUT2D eigenvalue weighted by Gasteiger charge is 2.16. The fourth-order valence-corrected chi connectivity index (χ4v) is 1.34. The molecule has 6 nitrogen and oxygen atoms in total. The second-order valence-electron chi connectivity index (χ2n) is 3.61. The molecule has 1 aromatic carbocycles. The third-order valence-corrected chi connectivity index (χ3v) is 2.34. The van der Waals surface area contributed by atoms with Crippen LogP contribution in [0.15, 0.2) is 24.3 Å². The number of benzene rings is 1.